The Labute approximate surface area is 130 Å². The van der Waals surface area contributed by atoms with Crippen LogP contribution < -0.4 is 10.6 Å². The Hall–Kier alpha value is -2.41. The number of rotatable bonds is 4. The summed E-state index contributed by atoms with van der Waals surface area (Å²) < 4.78 is 2.51. The molecular formula is C14H13BrN6. The number of benzene rings is 1. The second kappa shape index (κ2) is 5.92. The van der Waals surface area contributed by atoms with Crippen molar-refractivity contribution in [3.8, 4) is 0 Å². The zero-order valence-corrected chi connectivity index (χ0v) is 12.9. The molecule has 0 atom stereocenters. The van der Waals surface area contributed by atoms with Crippen molar-refractivity contribution in [2.24, 2.45) is 7.05 Å². The molecule has 2 N–H and O–H groups in total. The summed E-state index contributed by atoms with van der Waals surface area (Å²) >= 11 is 3.45. The highest BCUT2D eigenvalue weighted by atomic mass is 79.9. The van der Waals surface area contributed by atoms with E-state index in [9.17, 15) is 0 Å². The average Bonchev–Trinajstić information content (AvgIpc) is 2.89. The van der Waals surface area contributed by atoms with Crippen LogP contribution in [0.1, 0.15) is 0 Å². The summed E-state index contributed by atoms with van der Waals surface area (Å²) in [5.74, 6) is 1.20. The summed E-state index contributed by atoms with van der Waals surface area (Å²) in [6.07, 6.45) is 5.28. The van der Waals surface area contributed by atoms with Crippen LogP contribution in [0, 0.1) is 0 Å². The van der Waals surface area contributed by atoms with Crippen LogP contribution in [0.3, 0.4) is 0 Å². The topological polar surface area (TPSA) is 67.7 Å². The Kier molecular flexibility index (Phi) is 3.83. The minimum Gasteiger partial charge on any atom is -0.339 e. The molecule has 1 aromatic carbocycles. The van der Waals surface area contributed by atoms with Crippen LogP contribution in [0.15, 0.2) is 53.4 Å². The fourth-order valence-electron chi connectivity index (χ4n) is 1.79. The minimum absolute atomic E-state index is 0.504. The maximum absolute atomic E-state index is 4.45. The number of halogens is 1. The van der Waals surface area contributed by atoms with Crippen molar-refractivity contribution in [1.29, 1.82) is 0 Å². The largest absolute Gasteiger partial charge is 0.339 e. The Balaban J connectivity index is 1.82. The second-order valence-electron chi connectivity index (χ2n) is 4.41. The smallest absolute Gasteiger partial charge is 0.229 e. The number of aryl methyl sites for hydroxylation is 1. The van der Waals surface area contributed by atoms with Gasteiger partial charge in [0, 0.05) is 25.1 Å². The molecule has 0 spiro atoms. The van der Waals surface area contributed by atoms with E-state index >= 15 is 0 Å². The molecule has 0 aliphatic heterocycles. The highest BCUT2D eigenvalue weighted by Gasteiger charge is 2.06. The first kappa shape index (κ1) is 13.6. The molecule has 21 heavy (non-hydrogen) atoms. The van der Waals surface area contributed by atoms with Gasteiger partial charge in [-0.15, -0.1) is 0 Å². The van der Waals surface area contributed by atoms with Crippen LogP contribution in [0.4, 0.5) is 23.1 Å². The molecule has 0 aliphatic rings. The molecule has 0 aliphatic carbocycles. The lowest BCUT2D eigenvalue weighted by Gasteiger charge is -2.09. The third kappa shape index (κ3) is 3.38. The van der Waals surface area contributed by atoms with Gasteiger partial charge in [-0.2, -0.15) is 10.1 Å². The predicted octanol–water partition coefficient (Wildman–Crippen LogP) is 3.46. The van der Waals surface area contributed by atoms with E-state index in [-0.39, 0.29) is 0 Å². The fourth-order valence-corrected chi connectivity index (χ4v) is 2.08. The van der Waals surface area contributed by atoms with E-state index in [1.165, 1.54) is 0 Å². The van der Waals surface area contributed by atoms with Crippen molar-refractivity contribution in [2.75, 3.05) is 10.6 Å². The molecular weight excluding hydrogens is 332 g/mol. The first-order chi connectivity index (χ1) is 10.2. The summed E-state index contributed by atoms with van der Waals surface area (Å²) in [7, 11) is 1.86. The van der Waals surface area contributed by atoms with E-state index in [4.69, 9.17) is 0 Å². The molecule has 0 fully saturated rings. The summed E-state index contributed by atoms with van der Waals surface area (Å²) in [5, 5.41) is 10.5. The van der Waals surface area contributed by atoms with Crippen LogP contribution in [-0.4, -0.2) is 19.7 Å². The molecule has 0 saturated carbocycles. The Morgan fingerprint density at radius 1 is 1.05 bits per heavy atom. The lowest BCUT2D eigenvalue weighted by molar-refractivity contribution is 0.768. The van der Waals surface area contributed by atoms with Gasteiger partial charge in [0.2, 0.25) is 5.95 Å². The third-order valence-corrected chi connectivity index (χ3v) is 3.32. The highest BCUT2D eigenvalue weighted by molar-refractivity contribution is 9.10. The van der Waals surface area contributed by atoms with Gasteiger partial charge in [0.25, 0.3) is 0 Å². The normalized spacial score (nSPS) is 10.4. The van der Waals surface area contributed by atoms with Gasteiger partial charge in [0.1, 0.15) is 5.82 Å². The van der Waals surface area contributed by atoms with E-state index in [1.807, 2.05) is 43.6 Å². The summed E-state index contributed by atoms with van der Waals surface area (Å²) in [6, 6.07) is 9.85. The van der Waals surface area contributed by atoms with E-state index < -0.39 is 0 Å². The number of aromatic nitrogens is 4. The Morgan fingerprint density at radius 2 is 1.86 bits per heavy atom. The number of nitrogens with one attached hydrogen (secondary N) is 2. The summed E-state index contributed by atoms with van der Waals surface area (Å²) in [5.41, 5.74) is 1.80. The van der Waals surface area contributed by atoms with Crippen LogP contribution in [-0.2, 0) is 7.05 Å². The van der Waals surface area contributed by atoms with Gasteiger partial charge in [-0.25, -0.2) is 4.98 Å². The van der Waals surface area contributed by atoms with Crippen molar-refractivity contribution in [3.05, 3.63) is 53.4 Å². The monoisotopic (exact) mass is 344 g/mol. The molecule has 7 heteroatoms. The van der Waals surface area contributed by atoms with Crippen molar-refractivity contribution in [3.63, 3.8) is 0 Å². The van der Waals surface area contributed by atoms with E-state index in [0.717, 1.165) is 15.8 Å². The van der Waals surface area contributed by atoms with Crippen molar-refractivity contribution >= 4 is 39.1 Å². The molecule has 0 amide bonds. The molecule has 6 nitrogen and oxygen atoms in total. The highest BCUT2D eigenvalue weighted by Crippen LogP contribution is 2.24. The fraction of sp³-hybridized carbons (Fsp3) is 0.0714. The van der Waals surface area contributed by atoms with Gasteiger partial charge in [-0.3, -0.25) is 4.68 Å². The van der Waals surface area contributed by atoms with Crippen molar-refractivity contribution in [2.45, 2.75) is 0 Å². The molecule has 0 saturated heterocycles. The van der Waals surface area contributed by atoms with Crippen LogP contribution in [0.2, 0.25) is 0 Å². The zero-order valence-electron chi connectivity index (χ0n) is 11.3. The Bertz CT molecular complexity index is 740. The van der Waals surface area contributed by atoms with Crippen molar-refractivity contribution < 1.29 is 0 Å². The molecule has 0 unspecified atom stereocenters. The maximum Gasteiger partial charge on any atom is 0.229 e. The molecule has 0 bridgehead atoms. The molecule has 3 aromatic rings. The van der Waals surface area contributed by atoms with Gasteiger partial charge < -0.3 is 10.6 Å². The number of hydrogen-bond acceptors (Lipinski definition) is 5. The van der Waals surface area contributed by atoms with Crippen LogP contribution in [0.25, 0.3) is 0 Å². The minimum atomic E-state index is 0.504. The molecule has 3 rings (SSSR count). The number of para-hydroxylation sites is 1. The maximum atomic E-state index is 4.45. The van der Waals surface area contributed by atoms with Gasteiger partial charge >= 0.3 is 0 Å². The van der Waals surface area contributed by atoms with Crippen molar-refractivity contribution in [1.82, 2.24) is 19.7 Å². The first-order valence-electron chi connectivity index (χ1n) is 6.31. The number of anilines is 4. The lowest BCUT2D eigenvalue weighted by atomic mass is 10.3. The van der Waals surface area contributed by atoms with E-state index in [1.54, 1.807) is 17.1 Å². The number of hydrogen-bond donors (Lipinski definition) is 2. The molecule has 2 heterocycles. The lowest BCUT2D eigenvalue weighted by Crippen LogP contribution is -2.01. The summed E-state index contributed by atoms with van der Waals surface area (Å²) in [4.78, 5) is 8.69. The second-order valence-corrected chi connectivity index (χ2v) is 5.26. The molecule has 0 radical (unpaired) electrons. The average molecular weight is 345 g/mol. The van der Waals surface area contributed by atoms with E-state index in [0.29, 0.717) is 11.8 Å². The van der Waals surface area contributed by atoms with Gasteiger partial charge in [0.05, 0.1) is 16.4 Å². The third-order valence-electron chi connectivity index (χ3n) is 2.74. The summed E-state index contributed by atoms with van der Waals surface area (Å²) in [6.45, 7) is 0. The van der Waals surface area contributed by atoms with E-state index in [2.05, 4.69) is 41.6 Å². The zero-order chi connectivity index (χ0) is 14.7. The molecule has 106 valence electrons. The first-order valence-corrected chi connectivity index (χ1v) is 7.10. The van der Waals surface area contributed by atoms with Gasteiger partial charge in [-0.1, -0.05) is 18.2 Å². The SMILES string of the molecule is Cn1cc(Nc2ncc(Br)c(Nc3ccccc3)n2)cn1. The van der Waals surface area contributed by atoms with Gasteiger partial charge in [0.15, 0.2) is 0 Å². The molecule has 2 aromatic heterocycles. The quantitative estimate of drug-likeness (QED) is 0.758. The van der Waals surface area contributed by atoms with Crippen LogP contribution in [0.5, 0.6) is 0 Å². The van der Waals surface area contributed by atoms with Crippen LogP contribution >= 0.6 is 15.9 Å². The predicted molar refractivity (Wildman–Crippen MR) is 85.9 cm³/mol. The standard InChI is InChI=1S/C14H13BrN6/c1-21-9-11(7-17-21)19-14-16-8-12(15)13(20-14)18-10-5-3-2-4-6-10/h2-9H,1H3,(H2,16,18,19,20). The number of nitrogens with zero attached hydrogens (tertiary/aromatic N) is 4. The Morgan fingerprint density at radius 3 is 2.57 bits per heavy atom. The van der Waals surface area contributed by atoms with Gasteiger partial charge in [-0.05, 0) is 28.1 Å².